The first kappa shape index (κ1) is 15.6. The summed E-state index contributed by atoms with van der Waals surface area (Å²) in [4.78, 5) is 11.5. The molecule has 1 heterocycles. The molecule has 126 valence electrons. The Balaban J connectivity index is 1.90. The van der Waals surface area contributed by atoms with Crippen LogP contribution in [0.1, 0.15) is 40.4 Å². The van der Waals surface area contributed by atoms with Gasteiger partial charge in [0.25, 0.3) is 0 Å². The molecule has 3 aromatic rings. The number of aromatic carboxylic acids is 1. The Morgan fingerprint density at radius 2 is 1.84 bits per heavy atom. The molecule has 1 aromatic heterocycles. The van der Waals surface area contributed by atoms with Crippen LogP contribution >= 0.6 is 0 Å². The Hall–Kier alpha value is -2.95. The minimum Gasteiger partial charge on any atom is -0.476 e. The highest BCUT2D eigenvalue weighted by molar-refractivity contribution is 5.90. The Bertz CT molecular complexity index is 956. The molecular weight excluding hydrogens is 319 g/mol. The third-order valence-electron chi connectivity index (χ3n) is 4.64. The summed E-state index contributed by atoms with van der Waals surface area (Å²) >= 11 is 0. The molecular formula is C20H17FN2O2. The van der Waals surface area contributed by atoms with Crippen molar-refractivity contribution in [3.63, 3.8) is 0 Å². The fourth-order valence-corrected chi connectivity index (χ4v) is 3.17. The normalized spacial score (nSPS) is 13.8. The van der Waals surface area contributed by atoms with E-state index in [9.17, 15) is 14.3 Å². The van der Waals surface area contributed by atoms with Crippen molar-refractivity contribution in [2.75, 3.05) is 0 Å². The van der Waals surface area contributed by atoms with E-state index in [1.54, 1.807) is 25.1 Å². The van der Waals surface area contributed by atoms with Gasteiger partial charge in [-0.3, -0.25) is 0 Å². The van der Waals surface area contributed by atoms with Crippen LogP contribution in [0.3, 0.4) is 0 Å². The van der Waals surface area contributed by atoms with Crippen LogP contribution in [0.25, 0.3) is 16.9 Å². The van der Waals surface area contributed by atoms with Crippen molar-refractivity contribution >= 4 is 5.97 Å². The summed E-state index contributed by atoms with van der Waals surface area (Å²) in [5, 5.41) is 13.6. The lowest BCUT2D eigenvalue weighted by atomic mass is 10.0. The molecule has 0 spiro atoms. The van der Waals surface area contributed by atoms with Crippen LogP contribution < -0.4 is 0 Å². The predicted molar refractivity (Wildman–Crippen MR) is 92.6 cm³/mol. The highest BCUT2D eigenvalue weighted by Gasteiger charge is 2.25. The summed E-state index contributed by atoms with van der Waals surface area (Å²) in [6.45, 7) is 1.71. The number of carboxylic acids is 1. The molecule has 1 saturated carbocycles. The van der Waals surface area contributed by atoms with E-state index in [4.69, 9.17) is 0 Å². The summed E-state index contributed by atoms with van der Waals surface area (Å²) in [7, 11) is 0. The van der Waals surface area contributed by atoms with Crippen molar-refractivity contribution in [3.8, 4) is 16.9 Å². The van der Waals surface area contributed by atoms with Crippen molar-refractivity contribution in [3.05, 3.63) is 71.2 Å². The zero-order chi connectivity index (χ0) is 17.6. The molecule has 5 heteroatoms. The van der Waals surface area contributed by atoms with Crippen LogP contribution in [-0.2, 0) is 0 Å². The number of nitrogens with zero attached hydrogens (tertiary/aromatic N) is 2. The topological polar surface area (TPSA) is 55.1 Å². The number of carboxylic acid groups (broad SMARTS) is 1. The van der Waals surface area contributed by atoms with Gasteiger partial charge in [-0.1, -0.05) is 36.4 Å². The summed E-state index contributed by atoms with van der Waals surface area (Å²) in [6, 6.07) is 14.3. The fraction of sp³-hybridized carbons (Fsp3) is 0.200. The number of carbonyl (C=O) groups is 1. The van der Waals surface area contributed by atoms with E-state index in [0.29, 0.717) is 17.2 Å². The number of rotatable bonds is 4. The van der Waals surface area contributed by atoms with Gasteiger partial charge in [0.15, 0.2) is 5.69 Å². The third-order valence-corrected chi connectivity index (χ3v) is 4.64. The lowest BCUT2D eigenvalue weighted by Crippen LogP contribution is -2.04. The van der Waals surface area contributed by atoms with Gasteiger partial charge in [-0.25, -0.2) is 13.9 Å². The molecule has 25 heavy (non-hydrogen) atoms. The van der Waals surface area contributed by atoms with Gasteiger partial charge in [-0.15, -0.1) is 0 Å². The van der Waals surface area contributed by atoms with Crippen molar-refractivity contribution < 1.29 is 14.3 Å². The Labute approximate surface area is 144 Å². The number of halogens is 1. The zero-order valence-corrected chi connectivity index (χ0v) is 13.7. The van der Waals surface area contributed by atoms with Gasteiger partial charge in [0.2, 0.25) is 0 Å². The van der Waals surface area contributed by atoms with E-state index in [2.05, 4.69) is 17.2 Å². The second-order valence-electron chi connectivity index (χ2n) is 6.39. The summed E-state index contributed by atoms with van der Waals surface area (Å²) < 4.78 is 15.7. The minimum absolute atomic E-state index is 0.0653. The summed E-state index contributed by atoms with van der Waals surface area (Å²) in [6.07, 6.45) is 2.43. The molecule has 0 bridgehead atoms. The first-order chi connectivity index (χ1) is 12.1. The molecule has 0 radical (unpaired) electrons. The van der Waals surface area contributed by atoms with E-state index in [1.165, 1.54) is 29.2 Å². The average molecular weight is 336 g/mol. The smallest absolute Gasteiger partial charge is 0.356 e. The highest BCUT2D eigenvalue weighted by atomic mass is 19.1. The third kappa shape index (κ3) is 2.71. The molecule has 1 fully saturated rings. The maximum Gasteiger partial charge on any atom is 0.356 e. The number of hydrogen-bond donors (Lipinski definition) is 1. The highest BCUT2D eigenvalue weighted by Crippen LogP contribution is 2.40. The van der Waals surface area contributed by atoms with Crippen LogP contribution in [0.5, 0.6) is 0 Å². The van der Waals surface area contributed by atoms with Gasteiger partial charge >= 0.3 is 5.97 Å². The quantitative estimate of drug-likeness (QED) is 0.760. The molecule has 1 aliphatic carbocycles. The van der Waals surface area contributed by atoms with Crippen LogP contribution in [0.15, 0.2) is 48.5 Å². The molecule has 1 aliphatic rings. The molecule has 2 aromatic carbocycles. The van der Waals surface area contributed by atoms with E-state index >= 15 is 0 Å². The largest absolute Gasteiger partial charge is 0.476 e. The lowest BCUT2D eigenvalue weighted by molar-refractivity contribution is 0.0689. The number of benzene rings is 2. The van der Waals surface area contributed by atoms with Crippen LogP contribution in [0, 0.1) is 12.7 Å². The Morgan fingerprint density at radius 1 is 1.16 bits per heavy atom. The molecule has 0 saturated heterocycles. The Morgan fingerprint density at radius 3 is 2.44 bits per heavy atom. The predicted octanol–water partition coefficient (Wildman–Crippen LogP) is 4.56. The van der Waals surface area contributed by atoms with E-state index in [-0.39, 0.29) is 11.4 Å². The van der Waals surface area contributed by atoms with Gasteiger partial charge in [0.1, 0.15) is 11.5 Å². The molecule has 0 amide bonds. The molecule has 0 aliphatic heterocycles. The van der Waals surface area contributed by atoms with Crippen molar-refractivity contribution in [1.29, 1.82) is 0 Å². The standard InChI is InChI=1S/C20H17FN2O2/c1-12-18(20(24)25)22-23(17-5-3-2-4-16(17)21)19(12)15-10-8-14(9-11-15)13-6-7-13/h2-5,8-11,13H,6-7H2,1H3,(H,24,25). The minimum atomic E-state index is -1.12. The van der Waals surface area contributed by atoms with Gasteiger partial charge in [0, 0.05) is 11.1 Å². The first-order valence-electron chi connectivity index (χ1n) is 8.24. The van der Waals surface area contributed by atoms with E-state index in [0.717, 1.165) is 5.56 Å². The van der Waals surface area contributed by atoms with E-state index < -0.39 is 11.8 Å². The van der Waals surface area contributed by atoms with Crippen molar-refractivity contribution in [1.82, 2.24) is 9.78 Å². The van der Waals surface area contributed by atoms with Gasteiger partial charge in [-0.2, -0.15) is 5.10 Å². The number of hydrogen-bond acceptors (Lipinski definition) is 2. The maximum absolute atomic E-state index is 14.3. The summed E-state index contributed by atoms with van der Waals surface area (Å²) in [5.41, 5.74) is 3.41. The van der Waals surface area contributed by atoms with Gasteiger partial charge < -0.3 is 5.11 Å². The average Bonchev–Trinajstić information content (AvgIpc) is 3.39. The second kappa shape index (κ2) is 5.84. The van der Waals surface area contributed by atoms with Crippen molar-refractivity contribution in [2.24, 2.45) is 0 Å². The molecule has 0 atom stereocenters. The van der Waals surface area contributed by atoms with Crippen molar-refractivity contribution in [2.45, 2.75) is 25.7 Å². The second-order valence-corrected chi connectivity index (χ2v) is 6.39. The number of para-hydroxylation sites is 1. The molecule has 4 nitrogen and oxygen atoms in total. The number of aromatic nitrogens is 2. The van der Waals surface area contributed by atoms with Crippen LogP contribution in [0.4, 0.5) is 4.39 Å². The molecule has 1 N–H and O–H groups in total. The Kier molecular flexibility index (Phi) is 3.64. The summed E-state index contributed by atoms with van der Waals surface area (Å²) in [5.74, 6) is -0.928. The van der Waals surface area contributed by atoms with E-state index in [1.807, 2.05) is 12.1 Å². The SMILES string of the molecule is Cc1c(C(=O)O)nn(-c2ccccc2F)c1-c1ccc(C2CC2)cc1. The van der Waals surface area contributed by atoms with Crippen LogP contribution in [-0.4, -0.2) is 20.9 Å². The zero-order valence-electron chi connectivity index (χ0n) is 13.7. The fourth-order valence-electron chi connectivity index (χ4n) is 3.17. The van der Waals surface area contributed by atoms with Crippen LogP contribution in [0.2, 0.25) is 0 Å². The van der Waals surface area contributed by atoms with Gasteiger partial charge in [0.05, 0.1) is 5.69 Å². The first-order valence-corrected chi connectivity index (χ1v) is 8.24. The molecule has 4 rings (SSSR count). The molecule has 0 unspecified atom stereocenters. The maximum atomic E-state index is 14.3. The lowest BCUT2D eigenvalue weighted by Gasteiger charge is -2.10. The van der Waals surface area contributed by atoms with Gasteiger partial charge in [-0.05, 0) is 43.4 Å². The monoisotopic (exact) mass is 336 g/mol.